The summed E-state index contributed by atoms with van der Waals surface area (Å²) >= 11 is 0. The van der Waals surface area contributed by atoms with Gasteiger partial charge in [0.15, 0.2) is 18.1 Å². The Morgan fingerprint density at radius 2 is 1.86 bits per heavy atom. The number of nitro groups is 1. The van der Waals surface area contributed by atoms with E-state index in [1.807, 2.05) is 5.32 Å². The van der Waals surface area contributed by atoms with Crippen LogP contribution in [-0.2, 0) is 14.3 Å². The molecule has 0 unspecified atom stereocenters. The standard InChI is InChI=1S/C18H12F2N2O7/c19-11-2-1-3-12(20)18(11)21-16(23)8-27-17(24)5-4-10-6-14-15(29-9-28-14)7-13(10)22(25)26/h1-7H,8-9H2,(H,21,23)/b5-4+. The summed E-state index contributed by atoms with van der Waals surface area (Å²) in [6.45, 7) is -0.903. The van der Waals surface area contributed by atoms with Crippen LogP contribution in [0, 0.1) is 21.7 Å². The summed E-state index contributed by atoms with van der Waals surface area (Å²) in [6, 6.07) is 5.50. The summed E-state index contributed by atoms with van der Waals surface area (Å²) in [5.41, 5.74) is -0.944. The molecule has 1 N–H and O–H groups in total. The van der Waals surface area contributed by atoms with E-state index in [1.165, 1.54) is 6.07 Å². The summed E-state index contributed by atoms with van der Waals surface area (Å²) in [5.74, 6) is -3.46. The highest BCUT2D eigenvalue weighted by atomic mass is 19.1. The maximum Gasteiger partial charge on any atom is 0.331 e. The number of rotatable bonds is 6. The molecule has 0 fully saturated rings. The molecule has 0 spiro atoms. The highest BCUT2D eigenvalue weighted by Gasteiger charge is 2.22. The first-order chi connectivity index (χ1) is 13.8. The number of anilines is 1. The molecule has 2 aromatic carbocycles. The summed E-state index contributed by atoms with van der Waals surface area (Å²) in [7, 11) is 0. The molecule has 11 heteroatoms. The fraction of sp³-hybridized carbons (Fsp3) is 0.111. The Morgan fingerprint density at radius 3 is 2.52 bits per heavy atom. The summed E-state index contributed by atoms with van der Waals surface area (Å²) in [4.78, 5) is 34.0. The van der Waals surface area contributed by atoms with E-state index in [9.17, 15) is 28.5 Å². The zero-order chi connectivity index (χ0) is 21.0. The van der Waals surface area contributed by atoms with Gasteiger partial charge in [0.05, 0.1) is 16.6 Å². The van der Waals surface area contributed by atoms with Gasteiger partial charge in [-0.2, -0.15) is 0 Å². The zero-order valence-electron chi connectivity index (χ0n) is 14.5. The number of nitrogens with zero attached hydrogens (tertiary/aromatic N) is 1. The molecule has 0 atom stereocenters. The first kappa shape index (κ1) is 19.7. The van der Waals surface area contributed by atoms with Gasteiger partial charge in [-0.25, -0.2) is 13.6 Å². The highest BCUT2D eigenvalue weighted by Crippen LogP contribution is 2.38. The lowest BCUT2D eigenvalue weighted by atomic mass is 10.1. The molecule has 150 valence electrons. The number of para-hydroxylation sites is 1. The monoisotopic (exact) mass is 406 g/mol. The SMILES string of the molecule is O=C(COC(=O)/C=C/c1cc2c(cc1[N+](=O)[O-])OCO2)Nc1c(F)cccc1F. The predicted octanol–water partition coefficient (Wildman–Crippen LogP) is 2.80. The molecule has 1 heterocycles. The van der Waals surface area contributed by atoms with E-state index in [1.54, 1.807) is 0 Å². The predicted molar refractivity (Wildman–Crippen MR) is 94.2 cm³/mol. The fourth-order valence-electron chi connectivity index (χ4n) is 2.37. The van der Waals surface area contributed by atoms with Crippen LogP contribution >= 0.6 is 0 Å². The molecule has 1 amide bonds. The number of fused-ring (bicyclic) bond motifs is 1. The van der Waals surface area contributed by atoms with Crippen molar-refractivity contribution in [1.82, 2.24) is 0 Å². The van der Waals surface area contributed by atoms with Gasteiger partial charge in [0.2, 0.25) is 6.79 Å². The van der Waals surface area contributed by atoms with E-state index < -0.39 is 40.7 Å². The Balaban J connectivity index is 1.62. The van der Waals surface area contributed by atoms with Gasteiger partial charge < -0.3 is 19.5 Å². The van der Waals surface area contributed by atoms with Crippen molar-refractivity contribution in [3.8, 4) is 11.5 Å². The number of esters is 1. The van der Waals surface area contributed by atoms with Crippen molar-refractivity contribution in [1.29, 1.82) is 0 Å². The molecule has 0 bridgehead atoms. The highest BCUT2D eigenvalue weighted by molar-refractivity contribution is 5.95. The fourth-order valence-corrected chi connectivity index (χ4v) is 2.37. The molecule has 0 aliphatic carbocycles. The van der Waals surface area contributed by atoms with Crippen molar-refractivity contribution >= 4 is 29.3 Å². The minimum Gasteiger partial charge on any atom is -0.454 e. The number of nitro benzene ring substituents is 1. The number of ether oxygens (including phenoxy) is 3. The lowest BCUT2D eigenvalue weighted by molar-refractivity contribution is -0.385. The number of hydrogen-bond donors (Lipinski definition) is 1. The van der Waals surface area contributed by atoms with Crippen LogP contribution in [-0.4, -0.2) is 30.2 Å². The molecule has 0 saturated carbocycles. The molecular weight excluding hydrogens is 394 g/mol. The van der Waals surface area contributed by atoms with Crippen molar-refractivity contribution in [3.05, 3.63) is 63.7 Å². The number of nitrogens with one attached hydrogen (secondary N) is 1. The van der Waals surface area contributed by atoms with Crippen LogP contribution in [0.5, 0.6) is 11.5 Å². The number of carbonyl (C=O) groups excluding carboxylic acids is 2. The molecule has 0 saturated heterocycles. The van der Waals surface area contributed by atoms with Crippen LogP contribution in [0.4, 0.5) is 20.2 Å². The summed E-state index contributed by atoms with van der Waals surface area (Å²) < 4.78 is 41.8. The van der Waals surface area contributed by atoms with Gasteiger partial charge in [-0.15, -0.1) is 0 Å². The first-order valence-electron chi connectivity index (χ1n) is 8.02. The number of benzene rings is 2. The molecule has 0 aromatic heterocycles. The van der Waals surface area contributed by atoms with E-state index in [0.717, 1.165) is 36.4 Å². The summed E-state index contributed by atoms with van der Waals surface area (Å²) in [5, 5.41) is 13.1. The smallest absolute Gasteiger partial charge is 0.331 e. The van der Waals surface area contributed by atoms with Crippen molar-refractivity contribution in [2.24, 2.45) is 0 Å². The number of halogens is 2. The third-order valence-electron chi connectivity index (χ3n) is 3.69. The molecular formula is C18H12F2N2O7. The average Bonchev–Trinajstić information content (AvgIpc) is 3.14. The van der Waals surface area contributed by atoms with Crippen LogP contribution < -0.4 is 14.8 Å². The third kappa shape index (κ3) is 4.64. The topological polar surface area (TPSA) is 117 Å². The Morgan fingerprint density at radius 1 is 1.21 bits per heavy atom. The van der Waals surface area contributed by atoms with E-state index in [-0.39, 0.29) is 29.5 Å². The van der Waals surface area contributed by atoms with Gasteiger partial charge >= 0.3 is 5.97 Å². The average molecular weight is 406 g/mol. The lowest BCUT2D eigenvalue weighted by Crippen LogP contribution is -2.21. The van der Waals surface area contributed by atoms with Crippen LogP contribution in [0.15, 0.2) is 36.4 Å². The van der Waals surface area contributed by atoms with E-state index in [2.05, 4.69) is 4.74 Å². The Hall–Kier alpha value is -4.02. The molecule has 9 nitrogen and oxygen atoms in total. The second kappa shape index (κ2) is 8.33. The van der Waals surface area contributed by atoms with Crippen LogP contribution in [0.1, 0.15) is 5.56 Å². The normalized spacial score (nSPS) is 12.1. The first-order valence-corrected chi connectivity index (χ1v) is 8.02. The lowest BCUT2D eigenvalue weighted by Gasteiger charge is -2.07. The van der Waals surface area contributed by atoms with Gasteiger partial charge in [-0.3, -0.25) is 14.9 Å². The largest absolute Gasteiger partial charge is 0.454 e. The molecule has 3 rings (SSSR count). The molecule has 0 radical (unpaired) electrons. The van der Waals surface area contributed by atoms with Crippen LogP contribution in [0.3, 0.4) is 0 Å². The Bertz CT molecular complexity index is 1000. The molecule has 2 aromatic rings. The molecule has 29 heavy (non-hydrogen) atoms. The van der Waals surface area contributed by atoms with Gasteiger partial charge in [0, 0.05) is 6.08 Å². The van der Waals surface area contributed by atoms with Gasteiger partial charge in [-0.1, -0.05) is 6.07 Å². The van der Waals surface area contributed by atoms with Crippen LogP contribution in [0.2, 0.25) is 0 Å². The second-order valence-electron chi connectivity index (χ2n) is 5.61. The zero-order valence-corrected chi connectivity index (χ0v) is 14.5. The number of carbonyl (C=O) groups is 2. The molecule has 1 aliphatic rings. The van der Waals surface area contributed by atoms with Crippen molar-refractivity contribution in [3.63, 3.8) is 0 Å². The van der Waals surface area contributed by atoms with Crippen molar-refractivity contribution in [2.75, 3.05) is 18.7 Å². The number of hydrogen-bond acceptors (Lipinski definition) is 7. The third-order valence-corrected chi connectivity index (χ3v) is 3.69. The Labute approximate surface area is 161 Å². The Kier molecular flexibility index (Phi) is 5.67. The van der Waals surface area contributed by atoms with E-state index in [0.29, 0.717) is 0 Å². The molecule has 1 aliphatic heterocycles. The van der Waals surface area contributed by atoms with Crippen molar-refractivity contribution < 1.29 is 37.5 Å². The second-order valence-corrected chi connectivity index (χ2v) is 5.61. The maximum absolute atomic E-state index is 13.5. The maximum atomic E-state index is 13.5. The number of amides is 1. The van der Waals surface area contributed by atoms with Crippen LogP contribution in [0.25, 0.3) is 6.08 Å². The van der Waals surface area contributed by atoms with Gasteiger partial charge in [0.1, 0.15) is 17.3 Å². The van der Waals surface area contributed by atoms with Gasteiger partial charge in [-0.05, 0) is 24.3 Å². The minimum atomic E-state index is -0.999. The van der Waals surface area contributed by atoms with Crippen molar-refractivity contribution in [2.45, 2.75) is 0 Å². The minimum absolute atomic E-state index is 0.0501. The quantitative estimate of drug-likeness (QED) is 0.339. The van der Waals surface area contributed by atoms with E-state index in [4.69, 9.17) is 9.47 Å². The summed E-state index contributed by atoms with van der Waals surface area (Å²) in [6.07, 6.45) is 1.97. The van der Waals surface area contributed by atoms with Gasteiger partial charge in [0.25, 0.3) is 11.6 Å². The van der Waals surface area contributed by atoms with E-state index >= 15 is 0 Å².